The van der Waals surface area contributed by atoms with Crippen molar-refractivity contribution in [3.05, 3.63) is 23.9 Å². The van der Waals surface area contributed by atoms with Crippen LogP contribution in [0.25, 0.3) is 0 Å². The minimum Gasteiger partial charge on any atom is -0.321 e. The topological polar surface area (TPSA) is 24.4 Å². The average Bonchev–Trinajstić information content (AvgIpc) is 1.82. The van der Waals surface area contributed by atoms with Crippen LogP contribution in [-0.4, -0.2) is 10.8 Å². The van der Waals surface area contributed by atoms with Crippen molar-refractivity contribution in [3.63, 3.8) is 0 Å². The van der Waals surface area contributed by atoms with Gasteiger partial charge in [0.05, 0.1) is 5.54 Å². The molecule has 0 bridgehead atoms. The molecule has 66 valence electrons. The Bertz CT molecular complexity index is 238. The molecule has 0 saturated heterocycles. The van der Waals surface area contributed by atoms with Crippen molar-refractivity contribution < 1.29 is 0 Å². The lowest BCUT2D eigenvalue weighted by atomic mass is 9.98. The average molecular weight is 205 g/mol. The molecule has 1 aliphatic rings. The Kier molecular flexibility index (Phi) is 2.80. The fraction of sp³-hybridized carbons (Fsp3) is 0.375. The lowest BCUT2D eigenvalue weighted by Gasteiger charge is -2.24. The number of halogens is 2. The quantitative estimate of drug-likeness (QED) is 0.543. The van der Waals surface area contributed by atoms with Gasteiger partial charge in [-0.1, -0.05) is 17.7 Å². The molecule has 1 heterocycles. The van der Waals surface area contributed by atoms with E-state index in [1.54, 1.807) is 6.08 Å². The van der Waals surface area contributed by atoms with Gasteiger partial charge in [0.25, 0.3) is 0 Å². The first-order chi connectivity index (χ1) is 5.56. The van der Waals surface area contributed by atoms with Crippen LogP contribution >= 0.6 is 23.2 Å². The molecule has 2 nitrogen and oxygen atoms in total. The van der Waals surface area contributed by atoms with Crippen molar-refractivity contribution in [2.45, 2.75) is 18.9 Å². The highest BCUT2D eigenvalue weighted by Crippen LogP contribution is 2.24. The molecule has 0 aromatic rings. The third kappa shape index (κ3) is 2.26. The SMILES string of the molecule is C=CCC1(C)C=C(Cl)NC(Cl)=N1. The molecule has 1 unspecified atom stereocenters. The molecule has 1 N–H and O–H groups in total. The van der Waals surface area contributed by atoms with E-state index in [-0.39, 0.29) is 5.54 Å². The van der Waals surface area contributed by atoms with Crippen LogP contribution in [0.5, 0.6) is 0 Å². The van der Waals surface area contributed by atoms with Crippen molar-refractivity contribution in [1.29, 1.82) is 0 Å². The fourth-order valence-electron chi connectivity index (χ4n) is 1.09. The van der Waals surface area contributed by atoms with E-state index in [1.807, 2.05) is 13.0 Å². The summed E-state index contributed by atoms with van der Waals surface area (Å²) in [7, 11) is 0. The maximum atomic E-state index is 5.78. The van der Waals surface area contributed by atoms with Crippen LogP contribution in [0, 0.1) is 0 Å². The Balaban J connectivity index is 2.88. The number of nitrogens with zero attached hydrogens (tertiary/aromatic N) is 1. The molecule has 1 aliphatic heterocycles. The number of hydrogen-bond donors (Lipinski definition) is 1. The van der Waals surface area contributed by atoms with Crippen LogP contribution in [0.2, 0.25) is 0 Å². The van der Waals surface area contributed by atoms with E-state index in [0.717, 1.165) is 6.42 Å². The number of nitrogens with one attached hydrogen (secondary N) is 1. The summed E-state index contributed by atoms with van der Waals surface area (Å²) in [5, 5.41) is 3.54. The van der Waals surface area contributed by atoms with Crippen molar-refractivity contribution in [2.24, 2.45) is 4.99 Å². The van der Waals surface area contributed by atoms with Gasteiger partial charge >= 0.3 is 0 Å². The minimum atomic E-state index is -0.346. The van der Waals surface area contributed by atoms with Crippen LogP contribution in [-0.2, 0) is 0 Å². The fourth-order valence-corrected chi connectivity index (χ4v) is 1.76. The first kappa shape index (κ1) is 9.62. The highest BCUT2D eigenvalue weighted by molar-refractivity contribution is 6.65. The Hall–Kier alpha value is -0.470. The number of aliphatic imine (C=N–C) groups is 1. The second kappa shape index (κ2) is 3.50. The molecule has 1 rings (SSSR count). The van der Waals surface area contributed by atoms with E-state index in [1.165, 1.54) is 0 Å². The summed E-state index contributed by atoms with van der Waals surface area (Å²) in [5.41, 5.74) is -0.346. The van der Waals surface area contributed by atoms with Crippen LogP contribution in [0.1, 0.15) is 13.3 Å². The summed E-state index contributed by atoms with van der Waals surface area (Å²) in [6.45, 7) is 5.59. The molecule has 0 spiro atoms. The van der Waals surface area contributed by atoms with Gasteiger partial charge in [-0.3, -0.25) is 0 Å². The van der Waals surface area contributed by atoms with E-state index >= 15 is 0 Å². The van der Waals surface area contributed by atoms with Crippen molar-refractivity contribution in [2.75, 3.05) is 0 Å². The van der Waals surface area contributed by atoms with Gasteiger partial charge in [0, 0.05) is 0 Å². The third-order valence-electron chi connectivity index (χ3n) is 1.57. The summed E-state index contributed by atoms with van der Waals surface area (Å²) in [6.07, 6.45) is 4.34. The number of hydrogen-bond acceptors (Lipinski definition) is 2. The molecule has 0 aromatic carbocycles. The van der Waals surface area contributed by atoms with Gasteiger partial charge in [-0.25, -0.2) is 4.99 Å². The predicted octanol–water partition coefficient (Wildman–Crippen LogP) is 2.60. The molecular formula is C8H10Cl2N2. The Morgan fingerprint density at radius 3 is 2.92 bits per heavy atom. The molecule has 1 atom stereocenters. The first-order valence-corrected chi connectivity index (χ1v) is 4.33. The maximum absolute atomic E-state index is 5.78. The molecule has 4 heteroatoms. The van der Waals surface area contributed by atoms with E-state index in [0.29, 0.717) is 10.5 Å². The Morgan fingerprint density at radius 2 is 2.42 bits per heavy atom. The van der Waals surface area contributed by atoms with Gasteiger partial charge in [0.1, 0.15) is 5.16 Å². The first-order valence-electron chi connectivity index (χ1n) is 3.57. The van der Waals surface area contributed by atoms with Gasteiger partial charge in [0.2, 0.25) is 0 Å². The molecule has 0 fully saturated rings. The normalized spacial score (nSPS) is 28.6. The molecule has 0 amide bonds. The van der Waals surface area contributed by atoms with Gasteiger partial charge in [-0.2, -0.15) is 0 Å². The zero-order valence-electron chi connectivity index (χ0n) is 6.77. The van der Waals surface area contributed by atoms with E-state index in [4.69, 9.17) is 23.2 Å². The molecule has 0 radical (unpaired) electrons. The predicted molar refractivity (Wildman–Crippen MR) is 53.6 cm³/mol. The Morgan fingerprint density at radius 1 is 1.75 bits per heavy atom. The van der Waals surface area contributed by atoms with Crippen LogP contribution in [0.15, 0.2) is 28.9 Å². The number of rotatable bonds is 2. The zero-order chi connectivity index (χ0) is 9.19. The minimum absolute atomic E-state index is 0.326. The van der Waals surface area contributed by atoms with E-state index < -0.39 is 0 Å². The molecule has 0 saturated carbocycles. The van der Waals surface area contributed by atoms with Crippen molar-refractivity contribution in [1.82, 2.24) is 5.32 Å². The van der Waals surface area contributed by atoms with Gasteiger partial charge < -0.3 is 5.32 Å². The zero-order valence-corrected chi connectivity index (χ0v) is 8.28. The van der Waals surface area contributed by atoms with E-state index in [2.05, 4.69) is 16.9 Å². The van der Waals surface area contributed by atoms with Crippen molar-refractivity contribution in [3.8, 4) is 0 Å². The standard InChI is InChI=1S/C8H10Cl2N2/c1-3-4-8(2)5-6(9)11-7(10)12-8/h3,5H,1,4H2,2H3,(H,11,12). The van der Waals surface area contributed by atoms with Crippen LogP contribution in [0.3, 0.4) is 0 Å². The molecule has 0 aliphatic carbocycles. The maximum Gasteiger partial charge on any atom is 0.197 e. The van der Waals surface area contributed by atoms with Crippen LogP contribution in [0.4, 0.5) is 0 Å². The highest BCUT2D eigenvalue weighted by Gasteiger charge is 2.23. The molecular weight excluding hydrogens is 195 g/mol. The Labute approximate surface area is 82.0 Å². The van der Waals surface area contributed by atoms with Gasteiger partial charge in [0.15, 0.2) is 5.29 Å². The lowest BCUT2D eigenvalue weighted by molar-refractivity contribution is 0.586. The monoisotopic (exact) mass is 204 g/mol. The summed E-state index contributed by atoms with van der Waals surface area (Å²) in [4.78, 5) is 4.19. The molecule has 12 heavy (non-hydrogen) atoms. The summed E-state index contributed by atoms with van der Waals surface area (Å²) < 4.78 is 0. The van der Waals surface area contributed by atoms with Gasteiger partial charge in [-0.05, 0) is 31.0 Å². The molecule has 0 aromatic heterocycles. The lowest BCUT2D eigenvalue weighted by Crippen LogP contribution is -2.30. The smallest absolute Gasteiger partial charge is 0.197 e. The summed E-state index contributed by atoms with van der Waals surface area (Å²) in [5.74, 6) is 0. The highest BCUT2D eigenvalue weighted by atomic mass is 35.5. The van der Waals surface area contributed by atoms with Crippen molar-refractivity contribution >= 4 is 28.5 Å². The van der Waals surface area contributed by atoms with E-state index in [9.17, 15) is 0 Å². The summed E-state index contributed by atoms with van der Waals surface area (Å²) >= 11 is 11.5. The second-order valence-corrected chi connectivity index (χ2v) is 3.64. The van der Waals surface area contributed by atoms with Crippen LogP contribution < -0.4 is 5.32 Å². The van der Waals surface area contributed by atoms with Gasteiger partial charge in [-0.15, -0.1) is 6.58 Å². The summed E-state index contributed by atoms with van der Waals surface area (Å²) in [6, 6.07) is 0. The third-order valence-corrected chi connectivity index (χ3v) is 1.95. The largest absolute Gasteiger partial charge is 0.321 e. The number of amidine groups is 1. The second-order valence-electron chi connectivity index (χ2n) is 2.87.